The Morgan fingerprint density at radius 1 is 1.03 bits per heavy atom. The largest absolute Gasteiger partial charge is 0.480 e. The van der Waals surface area contributed by atoms with Crippen molar-refractivity contribution in [2.45, 2.75) is 32.1 Å². The molecule has 8 heteroatoms. The van der Waals surface area contributed by atoms with E-state index in [1.54, 1.807) is 0 Å². The number of hydrogen-bond donors (Lipinski definition) is 4. The van der Waals surface area contributed by atoms with Gasteiger partial charge in [-0.25, -0.2) is 0 Å². The van der Waals surface area contributed by atoms with Crippen molar-refractivity contribution in [3.63, 3.8) is 0 Å². The predicted octanol–water partition coefficient (Wildman–Crippen LogP) is 2.68. The van der Waals surface area contributed by atoms with Crippen LogP contribution in [0.4, 0.5) is 0 Å². The topological polar surface area (TPSA) is 130 Å². The summed E-state index contributed by atoms with van der Waals surface area (Å²) in [6.45, 7) is 2.76. The van der Waals surface area contributed by atoms with E-state index in [1.807, 2.05) is 54.6 Å². The maximum Gasteiger partial charge on any atom is 0.325 e. The third-order valence-electron chi connectivity index (χ3n) is 4.76. The number of carbonyl (C=O) groups is 2. The monoisotopic (exact) mass is 418 g/mol. The van der Waals surface area contributed by atoms with Crippen molar-refractivity contribution in [3.05, 3.63) is 60.2 Å². The van der Waals surface area contributed by atoms with Crippen LogP contribution in [0.1, 0.15) is 19.4 Å². The number of carboxylic acid groups (broad SMARTS) is 1. The van der Waals surface area contributed by atoms with Gasteiger partial charge >= 0.3 is 5.97 Å². The van der Waals surface area contributed by atoms with Gasteiger partial charge in [-0.05, 0) is 37.0 Å². The maximum absolute atomic E-state index is 12.6. The summed E-state index contributed by atoms with van der Waals surface area (Å²) < 4.78 is 12.4. The van der Waals surface area contributed by atoms with E-state index in [9.17, 15) is 19.0 Å². The lowest BCUT2D eigenvalue weighted by Crippen LogP contribution is -2.43. The smallest absolute Gasteiger partial charge is 0.325 e. The predicted molar refractivity (Wildman–Crippen MR) is 113 cm³/mol. The van der Waals surface area contributed by atoms with Crippen LogP contribution in [0, 0.1) is 5.92 Å². The second kappa shape index (κ2) is 9.83. The van der Waals surface area contributed by atoms with Gasteiger partial charge in [0.15, 0.2) is 0 Å². The quantitative estimate of drug-likeness (QED) is 0.463. The fourth-order valence-corrected chi connectivity index (χ4v) is 4.12. The lowest BCUT2D eigenvalue weighted by Gasteiger charge is -2.23. The Morgan fingerprint density at radius 3 is 2.10 bits per heavy atom. The van der Waals surface area contributed by atoms with Crippen LogP contribution in [0.2, 0.25) is 0 Å². The van der Waals surface area contributed by atoms with Crippen LogP contribution >= 0.6 is 7.37 Å². The van der Waals surface area contributed by atoms with Crippen molar-refractivity contribution in [1.29, 1.82) is 0 Å². The molecular weight excluding hydrogens is 391 g/mol. The van der Waals surface area contributed by atoms with E-state index in [-0.39, 0.29) is 12.6 Å². The fraction of sp³-hybridized carbons (Fsp3) is 0.333. The van der Waals surface area contributed by atoms with E-state index in [4.69, 9.17) is 10.8 Å². The van der Waals surface area contributed by atoms with Crippen LogP contribution in [0.25, 0.3) is 11.1 Å². The highest BCUT2D eigenvalue weighted by Crippen LogP contribution is 2.46. The molecule has 2 unspecified atom stereocenters. The number of aliphatic carboxylic acids is 1. The Balaban J connectivity index is 2.21. The normalized spacial score (nSPS) is 16.3. The molecule has 5 N–H and O–H groups in total. The molecule has 2 rings (SSSR count). The molecule has 156 valence electrons. The number of carbonyl (C=O) groups excluding carboxylic acids is 1. The van der Waals surface area contributed by atoms with Gasteiger partial charge in [-0.3, -0.25) is 14.2 Å². The zero-order chi connectivity index (χ0) is 21.6. The average molecular weight is 418 g/mol. The third kappa shape index (κ3) is 6.53. The molecule has 2 aromatic carbocycles. The summed E-state index contributed by atoms with van der Waals surface area (Å²) in [5.41, 5.74) is 8.48. The Hall–Kier alpha value is -2.47. The van der Waals surface area contributed by atoms with Crippen LogP contribution in [0.3, 0.4) is 0 Å². The minimum absolute atomic E-state index is 0.199. The molecule has 0 aliphatic carbocycles. The van der Waals surface area contributed by atoms with E-state index in [0.29, 0.717) is 0 Å². The molecule has 0 fully saturated rings. The highest BCUT2D eigenvalue weighted by Gasteiger charge is 2.33. The average Bonchev–Trinajstić information content (AvgIpc) is 2.68. The zero-order valence-corrected chi connectivity index (χ0v) is 17.4. The van der Waals surface area contributed by atoms with Gasteiger partial charge in [-0.15, -0.1) is 0 Å². The molecule has 4 atom stereocenters. The van der Waals surface area contributed by atoms with Crippen LogP contribution < -0.4 is 11.1 Å². The van der Waals surface area contributed by atoms with Gasteiger partial charge in [-0.2, -0.15) is 0 Å². The number of benzene rings is 2. The van der Waals surface area contributed by atoms with Crippen LogP contribution in [0.15, 0.2) is 54.6 Å². The number of nitrogens with two attached hydrogens (primary N) is 1. The van der Waals surface area contributed by atoms with Crippen molar-refractivity contribution in [3.8, 4) is 11.1 Å². The van der Waals surface area contributed by atoms with E-state index in [2.05, 4.69) is 5.32 Å². The second-order valence-electron chi connectivity index (χ2n) is 7.21. The summed E-state index contributed by atoms with van der Waals surface area (Å²) in [5.74, 6) is -3.61. The molecule has 0 bridgehead atoms. The fourth-order valence-electron chi connectivity index (χ4n) is 2.86. The summed E-state index contributed by atoms with van der Waals surface area (Å²) in [6, 6.07) is 16.3. The van der Waals surface area contributed by atoms with Gasteiger partial charge in [0, 0.05) is 6.16 Å². The first-order chi connectivity index (χ1) is 13.6. The molecule has 0 aliphatic heterocycles. The van der Waals surface area contributed by atoms with E-state index in [0.717, 1.165) is 16.7 Å². The summed E-state index contributed by atoms with van der Waals surface area (Å²) >= 11 is 0. The van der Waals surface area contributed by atoms with Crippen molar-refractivity contribution >= 4 is 19.2 Å². The van der Waals surface area contributed by atoms with Crippen molar-refractivity contribution < 1.29 is 24.2 Å². The lowest BCUT2D eigenvalue weighted by molar-refractivity contribution is -0.141. The Morgan fingerprint density at radius 2 is 1.59 bits per heavy atom. The molecule has 0 aliphatic rings. The molecule has 2 aromatic rings. The maximum atomic E-state index is 12.6. The number of nitrogens with one attached hydrogen (secondary N) is 1. The van der Waals surface area contributed by atoms with Gasteiger partial charge in [0.1, 0.15) is 6.04 Å². The first-order valence-electron chi connectivity index (χ1n) is 9.35. The van der Waals surface area contributed by atoms with Crippen molar-refractivity contribution in [2.24, 2.45) is 11.7 Å². The third-order valence-corrected chi connectivity index (χ3v) is 7.00. The molecular formula is C21H27N2O5P. The number of rotatable bonds is 9. The first kappa shape index (κ1) is 22.8. The van der Waals surface area contributed by atoms with Crippen molar-refractivity contribution in [2.75, 3.05) is 6.16 Å². The van der Waals surface area contributed by atoms with E-state index < -0.39 is 37.0 Å². The summed E-state index contributed by atoms with van der Waals surface area (Å²) in [4.78, 5) is 33.8. The van der Waals surface area contributed by atoms with Gasteiger partial charge in [0.05, 0.1) is 11.7 Å². The molecule has 0 heterocycles. The Labute approximate surface area is 170 Å². The van der Waals surface area contributed by atoms with Crippen LogP contribution in [0.5, 0.6) is 0 Å². The summed E-state index contributed by atoms with van der Waals surface area (Å²) in [7, 11) is -3.77. The van der Waals surface area contributed by atoms with Gasteiger partial charge in [0.2, 0.25) is 13.3 Å². The number of carboxylic acids is 1. The Bertz CT molecular complexity index is 884. The van der Waals surface area contributed by atoms with Crippen molar-refractivity contribution in [1.82, 2.24) is 5.32 Å². The molecule has 0 saturated heterocycles. The molecule has 29 heavy (non-hydrogen) atoms. The Kier molecular flexibility index (Phi) is 7.73. The second-order valence-corrected chi connectivity index (χ2v) is 9.90. The first-order valence-corrected chi connectivity index (χ1v) is 11.3. The molecule has 0 spiro atoms. The van der Waals surface area contributed by atoms with Crippen LogP contribution in [-0.4, -0.2) is 39.9 Å². The minimum atomic E-state index is -3.77. The summed E-state index contributed by atoms with van der Waals surface area (Å²) in [6.07, 6.45) is -0.117. The minimum Gasteiger partial charge on any atom is -0.480 e. The van der Waals surface area contributed by atoms with Crippen LogP contribution in [-0.2, 0) is 20.6 Å². The van der Waals surface area contributed by atoms with Gasteiger partial charge in [-0.1, -0.05) is 54.6 Å². The molecule has 0 aromatic heterocycles. The number of hydrogen-bond acceptors (Lipinski definition) is 4. The molecule has 7 nitrogen and oxygen atoms in total. The standard InChI is InChI=1S/C21H27N2O5P/c1-14(21(25)26)23-20(24)19(13-29(27,28)15(2)22)12-16-8-10-18(11-9-16)17-6-4-3-5-7-17/h3-11,14-15,19H,12-13,22H2,1-2H3,(H,23,24)(H,25,26)(H,27,28)/t14-,15+,19?/m0/s1. The van der Waals surface area contributed by atoms with E-state index >= 15 is 0 Å². The highest BCUT2D eigenvalue weighted by molar-refractivity contribution is 7.58. The number of amides is 1. The van der Waals surface area contributed by atoms with Gasteiger partial charge < -0.3 is 21.1 Å². The SMILES string of the molecule is C[C@H](NC(=O)C(Cc1ccc(-c2ccccc2)cc1)CP(=O)(O)[C@H](C)N)C(=O)O. The summed E-state index contributed by atoms with van der Waals surface area (Å²) in [5, 5.41) is 11.4. The van der Waals surface area contributed by atoms with E-state index in [1.165, 1.54) is 13.8 Å². The lowest BCUT2D eigenvalue weighted by atomic mass is 9.97. The zero-order valence-electron chi connectivity index (χ0n) is 16.5. The molecule has 1 amide bonds. The molecule has 0 saturated carbocycles. The highest BCUT2D eigenvalue weighted by atomic mass is 31.2. The van der Waals surface area contributed by atoms with Gasteiger partial charge in [0.25, 0.3) is 0 Å². The molecule has 0 radical (unpaired) electrons.